The van der Waals surface area contributed by atoms with Crippen LogP contribution in [0.25, 0.3) is 0 Å². The summed E-state index contributed by atoms with van der Waals surface area (Å²) >= 11 is 0. The third-order valence-electron chi connectivity index (χ3n) is 2.93. The van der Waals surface area contributed by atoms with Gasteiger partial charge in [-0.15, -0.1) is 0 Å². The Morgan fingerprint density at radius 3 is 2.58 bits per heavy atom. The number of hydrogen-bond acceptors (Lipinski definition) is 2. The first-order valence-electron chi connectivity index (χ1n) is 6.37. The molecule has 0 aliphatic rings. The maximum atomic E-state index is 12.1. The van der Waals surface area contributed by atoms with Crippen LogP contribution in [0.1, 0.15) is 30.9 Å². The van der Waals surface area contributed by atoms with Gasteiger partial charge in [0.05, 0.1) is 13.0 Å². The number of alkyl halides is 3. The van der Waals surface area contributed by atoms with E-state index in [1.165, 1.54) is 0 Å². The van der Waals surface area contributed by atoms with Gasteiger partial charge in [0.25, 0.3) is 0 Å². The van der Waals surface area contributed by atoms with Crippen LogP contribution in [-0.2, 0) is 6.42 Å². The highest BCUT2D eigenvalue weighted by atomic mass is 19.4. The van der Waals surface area contributed by atoms with E-state index in [0.29, 0.717) is 12.2 Å². The fourth-order valence-corrected chi connectivity index (χ4v) is 1.78. The van der Waals surface area contributed by atoms with Crippen molar-refractivity contribution in [3.05, 3.63) is 29.3 Å². The summed E-state index contributed by atoms with van der Waals surface area (Å²) in [6, 6.07) is 5.53. The second-order valence-electron chi connectivity index (χ2n) is 4.65. The fourth-order valence-electron chi connectivity index (χ4n) is 1.78. The van der Waals surface area contributed by atoms with Crippen LogP contribution in [0.15, 0.2) is 18.2 Å². The summed E-state index contributed by atoms with van der Waals surface area (Å²) < 4.78 is 41.7. The third-order valence-corrected chi connectivity index (χ3v) is 2.93. The minimum atomic E-state index is -4.19. The molecule has 0 aromatic heterocycles. The minimum absolute atomic E-state index is 0.00762. The molecule has 0 saturated carbocycles. The largest absolute Gasteiger partial charge is 0.493 e. The Kier molecular flexibility index (Phi) is 5.66. The van der Waals surface area contributed by atoms with E-state index in [0.717, 1.165) is 17.5 Å². The average Bonchev–Trinajstić information content (AvgIpc) is 2.31. The van der Waals surface area contributed by atoms with Crippen LogP contribution in [-0.4, -0.2) is 18.8 Å². The Balaban J connectivity index is 2.74. The van der Waals surface area contributed by atoms with Crippen molar-refractivity contribution in [2.45, 2.75) is 45.3 Å². The summed E-state index contributed by atoms with van der Waals surface area (Å²) in [4.78, 5) is 0. The molecule has 1 unspecified atom stereocenters. The number of benzene rings is 1. The molecule has 2 nitrogen and oxygen atoms in total. The van der Waals surface area contributed by atoms with Crippen molar-refractivity contribution >= 4 is 0 Å². The molecule has 19 heavy (non-hydrogen) atoms. The zero-order valence-electron chi connectivity index (χ0n) is 11.3. The number of hydrogen-bond donors (Lipinski definition) is 1. The summed E-state index contributed by atoms with van der Waals surface area (Å²) in [7, 11) is 0. The van der Waals surface area contributed by atoms with E-state index in [2.05, 4.69) is 0 Å². The highest BCUT2D eigenvalue weighted by molar-refractivity contribution is 5.41. The predicted molar refractivity (Wildman–Crippen MR) is 69.3 cm³/mol. The first kappa shape index (κ1) is 15.8. The summed E-state index contributed by atoms with van der Waals surface area (Å²) in [5.74, 6) is 0.538. The number of rotatable bonds is 6. The van der Waals surface area contributed by atoms with Crippen molar-refractivity contribution in [2.24, 2.45) is 5.73 Å². The molecule has 0 amide bonds. The zero-order chi connectivity index (χ0) is 14.5. The monoisotopic (exact) mass is 275 g/mol. The Bertz CT molecular complexity index is 404. The first-order chi connectivity index (χ1) is 8.83. The standard InChI is InChI=1S/C14H20F3NO/c1-3-12(18)9-11-6-4-5-10(2)13(11)19-8-7-14(15,16)17/h4-6,12H,3,7-9,18H2,1-2H3. The highest BCUT2D eigenvalue weighted by Gasteiger charge is 2.27. The van der Waals surface area contributed by atoms with E-state index in [1.54, 1.807) is 0 Å². The van der Waals surface area contributed by atoms with E-state index >= 15 is 0 Å². The lowest BCUT2D eigenvalue weighted by Crippen LogP contribution is -2.22. The van der Waals surface area contributed by atoms with Gasteiger partial charge in [0.1, 0.15) is 5.75 Å². The van der Waals surface area contributed by atoms with Crippen LogP contribution < -0.4 is 10.5 Å². The molecule has 0 saturated heterocycles. The Morgan fingerprint density at radius 2 is 2.00 bits per heavy atom. The molecule has 1 aromatic rings. The van der Waals surface area contributed by atoms with Crippen molar-refractivity contribution in [1.82, 2.24) is 0 Å². The van der Waals surface area contributed by atoms with Gasteiger partial charge < -0.3 is 10.5 Å². The van der Waals surface area contributed by atoms with E-state index in [4.69, 9.17) is 10.5 Å². The van der Waals surface area contributed by atoms with Gasteiger partial charge in [0, 0.05) is 6.04 Å². The SMILES string of the molecule is CCC(N)Cc1cccc(C)c1OCCC(F)(F)F. The number of halogens is 3. The Labute approximate surface area is 111 Å². The second-order valence-corrected chi connectivity index (χ2v) is 4.65. The molecule has 1 rings (SSSR count). The lowest BCUT2D eigenvalue weighted by Gasteiger charge is -2.17. The van der Waals surface area contributed by atoms with Gasteiger partial charge >= 0.3 is 6.18 Å². The third kappa shape index (κ3) is 5.51. The average molecular weight is 275 g/mol. The predicted octanol–water partition coefficient (Wildman–Crippen LogP) is 3.61. The van der Waals surface area contributed by atoms with Crippen LogP contribution in [0.3, 0.4) is 0 Å². The Hall–Kier alpha value is -1.23. The van der Waals surface area contributed by atoms with E-state index in [9.17, 15) is 13.2 Å². The summed E-state index contributed by atoms with van der Waals surface area (Å²) in [5, 5.41) is 0. The van der Waals surface area contributed by atoms with Crippen molar-refractivity contribution in [3.8, 4) is 5.75 Å². The van der Waals surface area contributed by atoms with Gasteiger partial charge in [0.2, 0.25) is 0 Å². The number of ether oxygens (including phenoxy) is 1. The molecule has 0 aliphatic heterocycles. The van der Waals surface area contributed by atoms with Crippen LogP contribution in [0, 0.1) is 6.92 Å². The molecule has 1 aromatic carbocycles. The lowest BCUT2D eigenvalue weighted by molar-refractivity contribution is -0.139. The van der Waals surface area contributed by atoms with Crippen molar-refractivity contribution in [1.29, 1.82) is 0 Å². The summed E-state index contributed by atoms with van der Waals surface area (Å²) in [6.07, 6.45) is -3.71. The number of para-hydroxylation sites is 1. The maximum Gasteiger partial charge on any atom is 0.392 e. The molecule has 108 valence electrons. The summed E-state index contributed by atoms with van der Waals surface area (Å²) in [6.45, 7) is 3.44. The van der Waals surface area contributed by atoms with Gasteiger partial charge in [-0.3, -0.25) is 0 Å². The normalized spacial score (nSPS) is 13.4. The van der Waals surface area contributed by atoms with E-state index < -0.39 is 12.6 Å². The molecule has 0 heterocycles. The molecule has 1 atom stereocenters. The maximum absolute atomic E-state index is 12.1. The van der Waals surface area contributed by atoms with Gasteiger partial charge in [-0.2, -0.15) is 13.2 Å². The molecular weight excluding hydrogens is 255 g/mol. The van der Waals surface area contributed by atoms with Crippen LogP contribution in [0.5, 0.6) is 5.75 Å². The summed E-state index contributed by atoms with van der Waals surface area (Å²) in [5.41, 5.74) is 7.59. The first-order valence-corrected chi connectivity index (χ1v) is 6.37. The Morgan fingerprint density at radius 1 is 1.32 bits per heavy atom. The van der Waals surface area contributed by atoms with Crippen LogP contribution in [0.2, 0.25) is 0 Å². The number of aryl methyl sites for hydroxylation is 1. The fraction of sp³-hybridized carbons (Fsp3) is 0.571. The molecule has 0 radical (unpaired) electrons. The lowest BCUT2D eigenvalue weighted by atomic mass is 10.0. The molecular formula is C14H20F3NO. The molecule has 0 fully saturated rings. The molecule has 0 spiro atoms. The molecule has 0 aliphatic carbocycles. The van der Waals surface area contributed by atoms with Crippen molar-refractivity contribution in [2.75, 3.05) is 6.61 Å². The zero-order valence-corrected chi connectivity index (χ0v) is 11.3. The molecule has 0 bridgehead atoms. The van der Waals surface area contributed by atoms with Crippen molar-refractivity contribution in [3.63, 3.8) is 0 Å². The van der Waals surface area contributed by atoms with Gasteiger partial charge in [-0.05, 0) is 30.9 Å². The van der Waals surface area contributed by atoms with E-state index in [-0.39, 0.29) is 12.6 Å². The number of nitrogens with two attached hydrogens (primary N) is 1. The van der Waals surface area contributed by atoms with E-state index in [1.807, 2.05) is 32.0 Å². The van der Waals surface area contributed by atoms with Crippen molar-refractivity contribution < 1.29 is 17.9 Å². The van der Waals surface area contributed by atoms with Gasteiger partial charge in [-0.1, -0.05) is 25.1 Å². The second kappa shape index (κ2) is 6.80. The minimum Gasteiger partial charge on any atom is -0.493 e. The highest BCUT2D eigenvalue weighted by Crippen LogP contribution is 2.26. The smallest absolute Gasteiger partial charge is 0.392 e. The molecule has 5 heteroatoms. The van der Waals surface area contributed by atoms with Gasteiger partial charge in [0.15, 0.2) is 0 Å². The topological polar surface area (TPSA) is 35.2 Å². The van der Waals surface area contributed by atoms with Gasteiger partial charge in [-0.25, -0.2) is 0 Å². The quantitative estimate of drug-likeness (QED) is 0.860. The van der Waals surface area contributed by atoms with Crippen LogP contribution in [0.4, 0.5) is 13.2 Å². The molecule has 2 N–H and O–H groups in total. The van der Waals surface area contributed by atoms with Crippen LogP contribution >= 0.6 is 0 Å².